The second-order valence-electron chi connectivity index (χ2n) is 6.51. The predicted octanol–water partition coefficient (Wildman–Crippen LogP) is 6.23. The normalized spacial score (nSPS) is 11.4. The lowest BCUT2D eigenvalue weighted by Crippen LogP contribution is -1.94. The number of unbranched alkanes of at least 4 members (excludes halogenated alkanes) is 2. The first-order chi connectivity index (χ1) is 12.1. The summed E-state index contributed by atoms with van der Waals surface area (Å²) in [6, 6.07) is 8.77. The highest BCUT2D eigenvalue weighted by Crippen LogP contribution is 2.50. The zero-order valence-corrected chi connectivity index (χ0v) is 16.7. The fourth-order valence-electron chi connectivity index (χ4n) is 3.33. The minimum Gasteiger partial charge on any atom is -0.496 e. The van der Waals surface area contributed by atoms with Gasteiger partial charge in [0.25, 0.3) is 0 Å². The van der Waals surface area contributed by atoms with Crippen LogP contribution in [0.3, 0.4) is 0 Å². The van der Waals surface area contributed by atoms with Crippen LogP contribution in [0.5, 0.6) is 11.5 Å². The fraction of sp³-hybridized carbons (Fsp3) is 0.429. The summed E-state index contributed by atoms with van der Waals surface area (Å²) >= 11 is 0. The first-order valence-electron chi connectivity index (χ1n) is 8.91. The van der Waals surface area contributed by atoms with Crippen LogP contribution in [0.25, 0.3) is 21.0 Å². The molecule has 3 aromatic rings. The van der Waals surface area contributed by atoms with E-state index in [0.717, 1.165) is 35.7 Å². The molecule has 25 heavy (non-hydrogen) atoms. The maximum Gasteiger partial charge on any atom is 0.122 e. The predicted molar refractivity (Wildman–Crippen MR) is 108 cm³/mol. The molecule has 4 heteroatoms. The van der Waals surface area contributed by atoms with E-state index in [-0.39, 0.29) is 0 Å². The Morgan fingerprint density at radius 3 is 1.76 bits per heavy atom. The van der Waals surface area contributed by atoms with Gasteiger partial charge in [0.05, 0.1) is 20.8 Å². The molecule has 0 spiro atoms. The van der Waals surface area contributed by atoms with E-state index < -0.39 is 7.76 Å². The number of methoxy groups -OCH3 is 2. The molecule has 0 amide bonds. The van der Waals surface area contributed by atoms with Crippen LogP contribution in [0, 0.1) is 13.8 Å². The zero-order chi connectivity index (χ0) is 18.0. The lowest BCUT2D eigenvalue weighted by molar-refractivity contribution is 0.409. The molecule has 0 aliphatic heterocycles. The standard InChI is InChI=1S/C21H27O3P/c1-6-7-8-9-24-25-20-10-14(2)18(22-4)12-16(20)17-13-19(23-5)15(3)11-21(17)25/h10-13H,6-9H2,1-5H3. The first-order valence-corrected chi connectivity index (χ1v) is 10.2. The number of fused-ring (bicyclic) bond motifs is 3. The number of benzene rings is 2. The molecule has 134 valence electrons. The molecule has 3 rings (SSSR count). The summed E-state index contributed by atoms with van der Waals surface area (Å²) in [5.41, 5.74) is 2.31. The molecular weight excluding hydrogens is 331 g/mol. The molecule has 1 aromatic heterocycles. The van der Waals surface area contributed by atoms with Gasteiger partial charge in [-0.05, 0) is 66.4 Å². The van der Waals surface area contributed by atoms with Crippen LogP contribution in [0.2, 0.25) is 0 Å². The van der Waals surface area contributed by atoms with Crippen molar-refractivity contribution in [3.63, 3.8) is 0 Å². The summed E-state index contributed by atoms with van der Waals surface area (Å²) in [5.74, 6) is 1.85. The second-order valence-corrected chi connectivity index (χ2v) is 8.32. The van der Waals surface area contributed by atoms with Crippen LogP contribution < -0.4 is 14.0 Å². The number of hydrogen-bond donors (Lipinski definition) is 0. The van der Waals surface area contributed by atoms with Crippen LogP contribution >= 0.6 is 7.76 Å². The van der Waals surface area contributed by atoms with E-state index in [2.05, 4.69) is 45.0 Å². The van der Waals surface area contributed by atoms with Gasteiger partial charge < -0.3 is 14.0 Å². The third-order valence-electron chi connectivity index (χ3n) is 4.72. The van der Waals surface area contributed by atoms with Crippen LogP contribution in [0.1, 0.15) is 37.3 Å². The average Bonchev–Trinajstić information content (AvgIpc) is 2.89. The van der Waals surface area contributed by atoms with Crippen molar-refractivity contribution in [2.75, 3.05) is 20.8 Å². The van der Waals surface area contributed by atoms with Gasteiger partial charge in [-0.2, -0.15) is 0 Å². The molecule has 0 unspecified atom stereocenters. The SMILES string of the molecule is CCCCCOp1c2cc(C)c(OC)cc2c2cc(OC)c(C)cc21. The van der Waals surface area contributed by atoms with Gasteiger partial charge in [-0.25, -0.2) is 0 Å². The molecule has 0 saturated heterocycles. The van der Waals surface area contributed by atoms with Gasteiger partial charge in [0.1, 0.15) is 11.5 Å². The van der Waals surface area contributed by atoms with Crippen molar-refractivity contribution in [2.24, 2.45) is 0 Å². The topological polar surface area (TPSA) is 27.7 Å². The largest absolute Gasteiger partial charge is 0.496 e. The van der Waals surface area contributed by atoms with E-state index in [1.165, 1.54) is 33.9 Å². The maximum absolute atomic E-state index is 6.40. The lowest BCUT2D eigenvalue weighted by atomic mass is 10.1. The zero-order valence-electron chi connectivity index (χ0n) is 15.8. The molecule has 1 heterocycles. The molecule has 3 nitrogen and oxygen atoms in total. The quantitative estimate of drug-likeness (QED) is 0.468. The Morgan fingerprint density at radius 1 is 0.800 bits per heavy atom. The van der Waals surface area contributed by atoms with Crippen LogP contribution in [-0.2, 0) is 0 Å². The van der Waals surface area contributed by atoms with Crippen LogP contribution in [0.4, 0.5) is 0 Å². The highest BCUT2D eigenvalue weighted by molar-refractivity contribution is 7.57. The monoisotopic (exact) mass is 358 g/mol. The number of ether oxygens (including phenoxy) is 2. The Kier molecular flexibility index (Phi) is 5.56. The van der Waals surface area contributed by atoms with Crippen molar-refractivity contribution in [1.29, 1.82) is 0 Å². The minimum absolute atomic E-state index is 0.772. The van der Waals surface area contributed by atoms with Crippen molar-refractivity contribution in [2.45, 2.75) is 40.0 Å². The maximum atomic E-state index is 6.40. The number of aryl methyl sites for hydroxylation is 2. The Morgan fingerprint density at radius 2 is 1.32 bits per heavy atom. The van der Waals surface area contributed by atoms with Crippen LogP contribution in [0.15, 0.2) is 24.3 Å². The molecule has 0 aliphatic rings. The Bertz CT molecular complexity index is 828. The van der Waals surface area contributed by atoms with Crippen molar-refractivity contribution < 1.29 is 14.0 Å². The van der Waals surface area contributed by atoms with Gasteiger partial charge in [-0.15, -0.1) is 0 Å². The summed E-state index contributed by atoms with van der Waals surface area (Å²) in [5, 5.41) is 5.04. The van der Waals surface area contributed by atoms with E-state index >= 15 is 0 Å². The molecule has 0 bridgehead atoms. The Balaban J connectivity index is 2.22. The summed E-state index contributed by atoms with van der Waals surface area (Å²) in [7, 11) is 2.68. The molecule has 0 radical (unpaired) electrons. The highest BCUT2D eigenvalue weighted by Gasteiger charge is 2.17. The second kappa shape index (κ2) is 7.68. The smallest absolute Gasteiger partial charge is 0.122 e. The molecule has 0 aliphatic carbocycles. The molecule has 0 saturated carbocycles. The van der Waals surface area contributed by atoms with Gasteiger partial charge >= 0.3 is 0 Å². The number of hydrogen-bond acceptors (Lipinski definition) is 3. The van der Waals surface area contributed by atoms with Gasteiger partial charge in [0, 0.05) is 18.0 Å². The molecule has 2 aromatic carbocycles. The molecule has 0 atom stereocenters. The van der Waals surface area contributed by atoms with Crippen LogP contribution in [-0.4, -0.2) is 20.8 Å². The van der Waals surface area contributed by atoms with Gasteiger partial charge in [0.15, 0.2) is 0 Å². The fourth-order valence-corrected chi connectivity index (χ4v) is 5.61. The summed E-state index contributed by atoms with van der Waals surface area (Å²) in [6.45, 7) is 7.22. The highest BCUT2D eigenvalue weighted by atomic mass is 31.1. The van der Waals surface area contributed by atoms with Gasteiger partial charge in [-0.1, -0.05) is 19.8 Å². The van der Waals surface area contributed by atoms with Crippen molar-refractivity contribution in [3.05, 3.63) is 35.4 Å². The lowest BCUT2D eigenvalue weighted by Gasteiger charge is -2.08. The third-order valence-corrected chi connectivity index (χ3v) is 6.78. The van der Waals surface area contributed by atoms with Gasteiger partial charge in [0.2, 0.25) is 0 Å². The van der Waals surface area contributed by atoms with Crippen molar-refractivity contribution in [1.82, 2.24) is 0 Å². The van der Waals surface area contributed by atoms with E-state index in [1.54, 1.807) is 14.2 Å². The van der Waals surface area contributed by atoms with E-state index in [9.17, 15) is 0 Å². The summed E-state index contributed by atoms with van der Waals surface area (Å²) < 4.78 is 17.5. The number of rotatable bonds is 7. The minimum atomic E-state index is -0.772. The molecule has 0 fully saturated rings. The van der Waals surface area contributed by atoms with Crippen molar-refractivity contribution in [3.8, 4) is 11.5 Å². The Hall–Kier alpha value is -1.70. The summed E-state index contributed by atoms with van der Waals surface area (Å²) in [4.78, 5) is 0. The average molecular weight is 358 g/mol. The van der Waals surface area contributed by atoms with E-state index in [4.69, 9.17) is 14.0 Å². The van der Waals surface area contributed by atoms with Crippen molar-refractivity contribution >= 4 is 28.8 Å². The molecular formula is C21H27O3P. The Labute approximate surface area is 151 Å². The van der Waals surface area contributed by atoms with E-state index in [0.29, 0.717) is 0 Å². The molecule has 0 N–H and O–H groups in total. The summed E-state index contributed by atoms with van der Waals surface area (Å²) in [6.07, 6.45) is 3.54. The van der Waals surface area contributed by atoms with E-state index in [1.807, 2.05) is 0 Å². The van der Waals surface area contributed by atoms with Gasteiger partial charge in [-0.3, -0.25) is 0 Å². The first kappa shape index (κ1) is 18.1. The third kappa shape index (κ3) is 3.36.